The lowest BCUT2D eigenvalue weighted by atomic mass is 9.97. The van der Waals surface area contributed by atoms with E-state index in [4.69, 9.17) is 0 Å². The molecule has 28 heavy (non-hydrogen) atoms. The van der Waals surface area contributed by atoms with E-state index in [9.17, 15) is 22.8 Å². The predicted molar refractivity (Wildman–Crippen MR) is 102 cm³/mol. The first-order valence-electron chi connectivity index (χ1n) is 9.05. The number of aromatic amines is 1. The van der Waals surface area contributed by atoms with Gasteiger partial charge in [-0.05, 0) is 44.2 Å². The Morgan fingerprint density at radius 2 is 2.00 bits per heavy atom. The molecule has 0 spiro atoms. The number of para-hydroxylation sites is 1. The first-order chi connectivity index (χ1) is 13.3. The molecule has 1 amide bonds. The number of aromatic nitrogens is 2. The molecular weight excluding hydrogens is 391 g/mol. The van der Waals surface area contributed by atoms with Crippen molar-refractivity contribution in [2.75, 3.05) is 5.32 Å². The number of nitrogens with zero attached hydrogens (tertiary/aromatic N) is 1. The highest BCUT2D eigenvalue weighted by Crippen LogP contribution is 2.35. The molecule has 150 valence electrons. The number of hydrogen-bond acceptors (Lipinski definition) is 4. The number of aryl methyl sites for hydroxylation is 1. The fourth-order valence-corrected chi connectivity index (χ4v) is 4.06. The van der Waals surface area contributed by atoms with Crippen molar-refractivity contribution in [1.29, 1.82) is 0 Å². The standard InChI is InChI=1S/C19H20F3N3O2S/c1-2-15(17(27)23-14-10-6-4-8-12(14)19(20,21)22)28-18-24-13-9-5-3-7-11(13)16(26)25-18/h4,6,8,10,15H,2-3,5,7,9H2,1H3,(H,23,27)(H,24,25,26). The number of benzene rings is 1. The molecular formula is C19H20F3N3O2S. The topological polar surface area (TPSA) is 74.8 Å². The van der Waals surface area contributed by atoms with Gasteiger partial charge in [0.05, 0.1) is 22.2 Å². The monoisotopic (exact) mass is 411 g/mol. The van der Waals surface area contributed by atoms with Crippen molar-refractivity contribution >= 4 is 23.4 Å². The summed E-state index contributed by atoms with van der Waals surface area (Å²) in [6, 6.07) is 4.84. The zero-order valence-electron chi connectivity index (χ0n) is 15.2. The average Bonchev–Trinajstić information content (AvgIpc) is 2.65. The molecule has 0 radical (unpaired) electrons. The van der Waals surface area contributed by atoms with Gasteiger partial charge in [0.25, 0.3) is 5.56 Å². The molecule has 1 heterocycles. The minimum absolute atomic E-state index is 0.204. The second-order valence-corrected chi connectivity index (χ2v) is 7.74. The van der Waals surface area contributed by atoms with Crippen molar-refractivity contribution in [2.45, 2.75) is 55.6 Å². The number of halogens is 3. The zero-order chi connectivity index (χ0) is 20.3. The molecule has 1 unspecified atom stereocenters. The van der Waals surface area contributed by atoms with E-state index in [2.05, 4.69) is 15.3 Å². The molecule has 0 bridgehead atoms. The third-order valence-corrected chi connectivity index (χ3v) is 5.83. The van der Waals surface area contributed by atoms with Crippen LogP contribution < -0.4 is 10.9 Å². The Hall–Kier alpha value is -2.29. The summed E-state index contributed by atoms with van der Waals surface area (Å²) in [7, 11) is 0. The minimum Gasteiger partial charge on any atom is -0.325 e. The molecule has 2 N–H and O–H groups in total. The van der Waals surface area contributed by atoms with Gasteiger partial charge in [0, 0.05) is 5.56 Å². The molecule has 1 aliphatic carbocycles. The molecule has 0 fully saturated rings. The van der Waals surface area contributed by atoms with Gasteiger partial charge in [-0.1, -0.05) is 30.8 Å². The number of anilines is 1. The van der Waals surface area contributed by atoms with Gasteiger partial charge in [-0.25, -0.2) is 4.98 Å². The number of rotatable bonds is 5. The van der Waals surface area contributed by atoms with Gasteiger partial charge in [-0.2, -0.15) is 13.2 Å². The number of amides is 1. The van der Waals surface area contributed by atoms with Crippen LogP contribution in [0.5, 0.6) is 0 Å². The van der Waals surface area contributed by atoms with Crippen LogP contribution in [0.25, 0.3) is 0 Å². The van der Waals surface area contributed by atoms with Gasteiger partial charge in [0.1, 0.15) is 0 Å². The van der Waals surface area contributed by atoms with E-state index < -0.39 is 22.9 Å². The Bertz CT molecular complexity index is 927. The molecule has 2 aromatic rings. The van der Waals surface area contributed by atoms with E-state index in [1.807, 2.05) is 0 Å². The molecule has 1 aromatic carbocycles. The number of H-pyrrole nitrogens is 1. The number of carbonyl (C=O) groups excluding carboxylic acids is 1. The van der Waals surface area contributed by atoms with Crippen LogP contribution in [-0.2, 0) is 23.8 Å². The molecule has 1 aliphatic rings. The van der Waals surface area contributed by atoms with Crippen LogP contribution in [0, 0.1) is 0 Å². The van der Waals surface area contributed by atoms with Crippen LogP contribution in [0.4, 0.5) is 18.9 Å². The van der Waals surface area contributed by atoms with Crippen molar-refractivity contribution in [1.82, 2.24) is 9.97 Å². The summed E-state index contributed by atoms with van der Waals surface area (Å²) < 4.78 is 39.4. The molecule has 1 aromatic heterocycles. The maximum atomic E-state index is 13.1. The largest absolute Gasteiger partial charge is 0.418 e. The molecule has 5 nitrogen and oxygen atoms in total. The minimum atomic E-state index is -4.57. The van der Waals surface area contributed by atoms with E-state index in [0.29, 0.717) is 23.6 Å². The van der Waals surface area contributed by atoms with Crippen molar-refractivity contribution in [2.24, 2.45) is 0 Å². The maximum Gasteiger partial charge on any atom is 0.418 e. The van der Waals surface area contributed by atoms with Gasteiger partial charge < -0.3 is 10.3 Å². The Labute approximate surface area is 164 Å². The number of carbonyl (C=O) groups is 1. The van der Waals surface area contributed by atoms with Crippen LogP contribution in [-0.4, -0.2) is 21.1 Å². The quantitative estimate of drug-likeness (QED) is 0.572. The highest BCUT2D eigenvalue weighted by molar-refractivity contribution is 8.00. The normalized spacial score (nSPS) is 15.0. The van der Waals surface area contributed by atoms with E-state index in [-0.39, 0.29) is 11.2 Å². The molecule has 9 heteroatoms. The van der Waals surface area contributed by atoms with Crippen molar-refractivity contribution in [3.63, 3.8) is 0 Å². The summed E-state index contributed by atoms with van der Waals surface area (Å²) in [6.45, 7) is 1.75. The lowest BCUT2D eigenvalue weighted by Gasteiger charge is -2.18. The second-order valence-electron chi connectivity index (χ2n) is 6.55. The van der Waals surface area contributed by atoms with Crippen molar-refractivity contribution in [3.8, 4) is 0 Å². The highest BCUT2D eigenvalue weighted by Gasteiger charge is 2.34. The summed E-state index contributed by atoms with van der Waals surface area (Å²) in [5, 5.41) is 1.99. The lowest BCUT2D eigenvalue weighted by Crippen LogP contribution is -2.27. The average molecular weight is 411 g/mol. The SMILES string of the molecule is CCC(Sc1nc2c(c(=O)[nH]1)CCCC2)C(=O)Nc1ccccc1C(F)(F)F. The summed E-state index contributed by atoms with van der Waals surface area (Å²) >= 11 is 1.06. The van der Waals surface area contributed by atoms with Gasteiger partial charge in [-0.15, -0.1) is 0 Å². The van der Waals surface area contributed by atoms with Gasteiger partial charge in [0.2, 0.25) is 5.91 Å². The fourth-order valence-electron chi connectivity index (χ4n) is 3.15. The summed E-state index contributed by atoms with van der Waals surface area (Å²) in [5.41, 5.74) is 0.0433. The van der Waals surface area contributed by atoms with Crippen LogP contribution in [0.1, 0.15) is 43.0 Å². The second kappa shape index (κ2) is 8.38. The van der Waals surface area contributed by atoms with Crippen LogP contribution in [0.15, 0.2) is 34.2 Å². The van der Waals surface area contributed by atoms with Gasteiger partial charge in [0.15, 0.2) is 5.16 Å². The Kier molecular flexibility index (Phi) is 6.12. The third-order valence-electron chi connectivity index (χ3n) is 4.58. The van der Waals surface area contributed by atoms with Crippen LogP contribution in [0.2, 0.25) is 0 Å². The summed E-state index contributed by atoms with van der Waals surface area (Å²) in [4.78, 5) is 32.0. The third kappa shape index (κ3) is 4.57. The Morgan fingerprint density at radius 3 is 2.71 bits per heavy atom. The van der Waals surface area contributed by atoms with E-state index in [1.54, 1.807) is 6.92 Å². The first kappa shape index (κ1) is 20.4. The highest BCUT2D eigenvalue weighted by atomic mass is 32.2. The number of hydrogen-bond donors (Lipinski definition) is 2. The van der Waals surface area contributed by atoms with Gasteiger partial charge in [-0.3, -0.25) is 9.59 Å². The van der Waals surface area contributed by atoms with E-state index in [0.717, 1.165) is 42.8 Å². The Morgan fingerprint density at radius 1 is 1.29 bits per heavy atom. The number of fused-ring (bicyclic) bond motifs is 1. The van der Waals surface area contributed by atoms with Crippen LogP contribution in [0.3, 0.4) is 0 Å². The molecule has 0 aliphatic heterocycles. The Balaban J connectivity index is 1.79. The van der Waals surface area contributed by atoms with E-state index >= 15 is 0 Å². The van der Waals surface area contributed by atoms with Crippen molar-refractivity contribution < 1.29 is 18.0 Å². The fraction of sp³-hybridized carbons (Fsp3) is 0.421. The van der Waals surface area contributed by atoms with Gasteiger partial charge >= 0.3 is 6.18 Å². The van der Waals surface area contributed by atoms with E-state index in [1.165, 1.54) is 18.2 Å². The first-order valence-corrected chi connectivity index (χ1v) is 9.93. The van der Waals surface area contributed by atoms with Crippen LogP contribution >= 0.6 is 11.8 Å². The maximum absolute atomic E-state index is 13.1. The zero-order valence-corrected chi connectivity index (χ0v) is 16.0. The predicted octanol–water partition coefficient (Wildman–Crippen LogP) is 4.18. The number of nitrogens with one attached hydrogen (secondary N) is 2. The molecule has 0 saturated heterocycles. The number of alkyl halides is 3. The summed E-state index contributed by atoms with van der Waals surface area (Å²) in [6.07, 6.45) is -0.888. The molecule has 3 rings (SSSR count). The summed E-state index contributed by atoms with van der Waals surface area (Å²) in [5.74, 6) is -0.565. The molecule has 1 atom stereocenters. The smallest absolute Gasteiger partial charge is 0.325 e. The molecule has 0 saturated carbocycles. The van der Waals surface area contributed by atoms with Crippen molar-refractivity contribution in [3.05, 3.63) is 51.4 Å². The number of thioether (sulfide) groups is 1. The lowest BCUT2D eigenvalue weighted by molar-refractivity contribution is -0.137.